The van der Waals surface area contributed by atoms with Gasteiger partial charge in [0.15, 0.2) is 0 Å². The van der Waals surface area contributed by atoms with Gasteiger partial charge in [-0.3, -0.25) is 9.59 Å². The maximum absolute atomic E-state index is 12.2. The number of amides is 1. The first-order valence-corrected chi connectivity index (χ1v) is 7.42. The van der Waals surface area contributed by atoms with E-state index >= 15 is 0 Å². The van der Waals surface area contributed by atoms with Crippen molar-refractivity contribution in [2.24, 2.45) is 5.73 Å². The molecule has 5 heteroatoms. The summed E-state index contributed by atoms with van der Waals surface area (Å²) in [5.41, 5.74) is 7.84. The number of carbonyl (C=O) groups excluding carboxylic acids is 1. The Kier molecular flexibility index (Phi) is 4.59. The van der Waals surface area contributed by atoms with Crippen molar-refractivity contribution in [1.82, 2.24) is 4.98 Å². The lowest BCUT2D eigenvalue weighted by atomic mass is 9.83. The van der Waals surface area contributed by atoms with E-state index in [1.165, 1.54) is 0 Å². The molecule has 0 saturated carbocycles. The maximum atomic E-state index is 12.2. The standard InChI is InChI=1S/C18H22N2O3/c1-18(2,3)14-10-13(12-6-5-7-20-17(12)22)11(9-16(19)21)8-15(14)23-4/h5-8,10H,9H2,1-4H3,(H2,19,21)(H,20,22). The number of rotatable bonds is 4. The van der Waals surface area contributed by atoms with Gasteiger partial charge in [-0.15, -0.1) is 0 Å². The molecule has 0 spiro atoms. The highest BCUT2D eigenvalue weighted by Gasteiger charge is 2.23. The molecule has 0 saturated heterocycles. The molecule has 0 aliphatic heterocycles. The van der Waals surface area contributed by atoms with Crippen LogP contribution in [0, 0.1) is 0 Å². The molecule has 0 radical (unpaired) electrons. The Morgan fingerprint density at radius 2 is 1.96 bits per heavy atom. The molecule has 23 heavy (non-hydrogen) atoms. The van der Waals surface area contributed by atoms with Gasteiger partial charge in [0, 0.05) is 17.3 Å². The van der Waals surface area contributed by atoms with Crippen LogP contribution in [0.2, 0.25) is 0 Å². The van der Waals surface area contributed by atoms with Crippen LogP contribution >= 0.6 is 0 Å². The van der Waals surface area contributed by atoms with Crippen LogP contribution in [0.1, 0.15) is 31.9 Å². The van der Waals surface area contributed by atoms with E-state index in [0.717, 1.165) is 5.56 Å². The van der Waals surface area contributed by atoms with E-state index in [1.807, 2.05) is 6.07 Å². The van der Waals surface area contributed by atoms with Crippen LogP contribution in [0.4, 0.5) is 0 Å². The second-order valence-corrected chi connectivity index (χ2v) is 6.52. The molecule has 2 rings (SSSR count). The predicted molar refractivity (Wildman–Crippen MR) is 90.6 cm³/mol. The van der Waals surface area contributed by atoms with Crippen molar-refractivity contribution in [3.05, 3.63) is 51.9 Å². The fourth-order valence-electron chi connectivity index (χ4n) is 2.60. The summed E-state index contributed by atoms with van der Waals surface area (Å²) in [6, 6.07) is 7.21. The Labute approximate surface area is 135 Å². The Morgan fingerprint density at radius 3 is 2.48 bits per heavy atom. The molecular formula is C18H22N2O3. The number of benzene rings is 1. The van der Waals surface area contributed by atoms with Gasteiger partial charge in [0.25, 0.3) is 5.56 Å². The first-order chi connectivity index (χ1) is 10.7. The van der Waals surface area contributed by atoms with Crippen LogP contribution in [0.25, 0.3) is 11.1 Å². The summed E-state index contributed by atoms with van der Waals surface area (Å²) in [6.45, 7) is 6.20. The highest BCUT2D eigenvalue weighted by Crippen LogP contribution is 2.36. The van der Waals surface area contributed by atoms with Crippen molar-refractivity contribution in [2.75, 3.05) is 7.11 Å². The zero-order valence-corrected chi connectivity index (χ0v) is 13.9. The average molecular weight is 314 g/mol. The molecule has 2 aromatic rings. The summed E-state index contributed by atoms with van der Waals surface area (Å²) in [5.74, 6) is 0.231. The van der Waals surface area contributed by atoms with E-state index in [1.54, 1.807) is 31.5 Å². The lowest BCUT2D eigenvalue weighted by molar-refractivity contribution is -0.117. The number of aromatic nitrogens is 1. The normalized spacial score (nSPS) is 11.3. The Hall–Kier alpha value is -2.56. The third-order valence-electron chi connectivity index (χ3n) is 3.71. The number of pyridine rings is 1. The van der Waals surface area contributed by atoms with Gasteiger partial charge in [0.1, 0.15) is 5.75 Å². The van der Waals surface area contributed by atoms with Gasteiger partial charge < -0.3 is 15.5 Å². The predicted octanol–water partition coefficient (Wildman–Crippen LogP) is 2.38. The molecule has 1 amide bonds. The number of hydrogen-bond acceptors (Lipinski definition) is 3. The molecule has 0 aliphatic carbocycles. The highest BCUT2D eigenvalue weighted by atomic mass is 16.5. The van der Waals surface area contributed by atoms with E-state index in [4.69, 9.17) is 10.5 Å². The van der Waals surface area contributed by atoms with Crippen molar-refractivity contribution in [3.8, 4) is 16.9 Å². The maximum Gasteiger partial charge on any atom is 0.255 e. The van der Waals surface area contributed by atoms with Gasteiger partial charge in [0.05, 0.1) is 13.5 Å². The van der Waals surface area contributed by atoms with Crippen LogP contribution in [0.3, 0.4) is 0 Å². The van der Waals surface area contributed by atoms with Crippen molar-refractivity contribution < 1.29 is 9.53 Å². The Balaban J connectivity index is 2.79. The first-order valence-electron chi connectivity index (χ1n) is 7.42. The third kappa shape index (κ3) is 3.62. The SMILES string of the molecule is COc1cc(CC(N)=O)c(-c2ccc[nH]c2=O)cc1C(C)(C)C. The van der Waals surface area contributed by atoms with Crippen LogP contribution in [-0.4, -0.2) is 18.0 Å². The summed E-state index contributed by atoms with van der Waals surface area (Å²) in [4.78, 5) is 26.2. The molecule has 3 N–H and O–H groups in total. The van der Waals surface area contributed by atoms with Gasteiger partial charge in [-0.2, -0.15) is 0 Å². The minimum atomic E-state index is -0.454. The molecule has 0 aliphatic rings. The summed E-state index contributed by atoms with van der Waals surface area (Å²) < 4.78 is 5.48. The number of H-pyrrole nitrogens is 1. The Morgan fingerprint density at radius 1 is 1.26 bits per heavy atom. The number of carbonyl (C=O) groups is 1. The molecule has 1 aromatic heterocycles. The topological polar surface area (TPSA) is 85.2 Å². The Bertz CT molecular complexity index is 786. The van der Waals surface area contributed by atoms with Crippen LogP contribution in [-0.2, 0) is 16.6 Å². The number of methoxy groups -OCH3 is 1. The van der Waals surface area contributed by atoms with Crippen molar-refractivity contribution >= 4 is 5.91 Å². The summed E-state index contributed by atoms with van der Waals surface area (Å²) in [7, 11) is 1.59. The first kappa shape index (κ1) is 16.8. The number of ether oxygens (including phenoxy) is 1. The molecule has 1 heterocycles. The second-order valence-electron chi connectivity index (χ2n) is 6.52. The van der Waals surface area contributed by atoms with Crippen LogP contribution < -0.4 is 16.0 Å². The van der Waals surface area contributed by atoms with Crippen molar-refractivity contribution in [2.45, 2.75) is 32.6 Å². The van der Waals surface area contributed by atoms with Gasteiger partial charge in [0.2, 0.25) is 5.91 Å². The molecule has 5 nitrogen and oxygen atoms in total. The van der Waals surface area contributed by atoms with Crippen LogP contribution in [0.15, 0.2) is 35.3 Å². The number of nitrogens with one attached hydrogen (secondary N) is 1. The molecule has 1 aromatic carbocycles. The molecule has 0 atom stereocenters. The van der Waals surface area contributed by atoms with Gasteiger partial charge in [-0.25, -0.2) is 0 Å². The quantitative estimate of drug-likeness (QED) is 0.908. The smallest absolute Gasteiger partial charge is 0.255 e. The third-order valence-corrected chi connectivity index (χ3v) is 3.71. The summed E-state index contributed by atoms with van der Waals surface area (Å²) in [5, 5.41) is 0. The van der Waals surface area contributed by atoms with E-state index in [-0.39, 0.29) is 17.4 Å². The average Bonchev–Trinajstić information content (AvgIpc) is 2.46. The molecule has 122 valence electrons. The summed E-state index contributed by atoms with van der Waals surface area (Å²) >= 11 is 0. The van der Waals surface area contributed by atoms with Crippen LogP contribution in [0.5, 0.6) is 5.75 Å². The van der Waals surface area contributed by atoms with E-state index < -0.39 is 5.91 Å². The lowest BCUT2D eigenvalue weighted by Gasteiger charge is -2.24. The minimum absolute atomic E-state index is 0.0461. The lowest BCUT2D eigenvalue weighted by Crippen LogP contribution is -2.18. The van der Waals surface area contributed by atoms with E-state index in [9.17, 15) is 9.59 Å². The number of primary amides is 1. The highest BCUT2D eigenvalue weighted by molar-refractivity contribution is 5.81. The van der Waals surface area contributed by atoms with Crippen molar-refractivity contribution in [1.29, 1.82) is 0 Å². The minimum Gasteiger partial charge on any atom is -0.496 e. The molecule has 0 bridgehead atoms. The number of hydrogen-bond donors (Lipinski definition) is 2. The summed E-state index contributed by atoms with van der Waals surface area (Å²) in [6.07, 6.45) is 1.62. The molecular weight excluding hydrogens is 292 g/mol. The fraction of sp³-hybridized carbons (Fsp3) is 0.333. The van der Waals surface area contributed by atoms with E-state index in [2.05, 4.69) is 25.8 Å². The zero-order chi connectivity index (χ0) is 17.2. The largest absolute Gasteiger partial charge is 0.496 e. The zero-order valence-electron chi connectivity index (χ0n) is 13.9. The number of aromatic amines is 1. The van der Waals surface area contributed by atoms with Gasteiger partial charge in [-0.05, 0) is 40.8 Å². The van der Waals surface area contributed by atoms with Gasteiger partial charge >= 0.3 is 0 Å². The van der Waals surface area contributed by atoms with Gasteiger partial charge in [-0.1, -0.05) is 20.8 Å². The second kappa shape index (κ2) is 6.28. The molecule has 0 fully saturated rings. The number of nitrogens with two attached hydrogens (primary N) is 1. The fourth-order valence-corrected chi connectivity index (χ4v) is 2.60. The molecule has 0 unspecified atom stereocenters. The van der Waals surface area contributed by atoms with E-state index in [0.29, 0.717) is 22.4 Å². The van der Waals surface area contributed by atoms with Crippen molar-refractivity contribution in [3.63, 3.8) is 0 Å². The monoisotopic (exact) mass is 314 g/mol.